The van der Waals surface area contributed by atoms with Crippen molar-refractivity contribution in [3.05, 3.63) is 47.9 Å². The number of para-hydroxylation sites is 1. The molecule has 1 saturated heterocycles. The summed E-state index contributed by atoms with van der Waals surface area (Å²) in [4.78, 5) is 10.7. The molecule has 162 valence electrons. The number of nitrogens with zero attached hydrogens (tertiary/aromatic N) is 4. The minimum absolute atomic E-state index is 0.141. The second kappa shape index (κ2) is 7.65. The summed E-state index contributed by atoms with van der Waals surface area (Å²) in [5, 5.41) is 3.98. The third-order valence-electron chi connectivity index (χ3n) is 5.77. The van der Waals surface area contributed by atoms with Crippen LogP contribution in [-0.4, -0.2) is 52.2 Å². The van der Waals surface area contributed by atoms with Crippen LogP contribution in [-0.2, 0) is 12.7 Å². The van der Waals surface area contributed by atoms with Crippen molar-refractivity contribution in [2.75, 3.05) is 32.7 Å². The summed E-state index contributed by atoms with van der Waals surface area (Å²) in [6.45, 7) is 6.58. The van der Waals surface area contributed by atoms with E-state index < -0.39 is 11.9 Å². The molecule has 5 rings (SSSR count). The number of alkyl halides is 3. The van der Waals surface area contributed by atoms with E-state index in [2.05, 4.69) is 20.2 Å². The predicted octanol–water partition coefficient (Wildman–Crippen LogP) is 4.08. The predicted molar refractivity (Wildman–Crippen MR) is 112 cm³/mol. The Balaban J connectivity index is 1.77. The number of nitrogens with one attached hydrogen (secondary N) is 1. The van der Waals surface area contributed by atoms with Gasteiger partial charge in [-0.1, -0.05) is 18.2 Å². The zero-order valence-electron chi connectivity index (χ0n) is 17.0. The van der Waals surface area contributed by atoms with Crippen molar-refractivity contribution in [3.63, 3.8) is 0 Å². The highest BCUT2D eigenvalue weighted by atomic mass is 19.4. The van der Waals surface area contributed by atoms with Crippen LogP contribution in [0.1, 0.15) is 11.3 Å². The van der Waals surface area contributed by atoms with Gasteiger partial charge in [-0.2, -0.15) is 13.2 Å². The minimum Gasteiger partial charge on any atom is -0.461 e. The van der Waals surface area contributed by atoms with E-state index in [0.717, 1.165) is 26.2 Å². The number of pyridine rings is 1. The van der Waals surface area contributed by atoms with Gasteiger partial charge in [-0.05, 0) is 24.6 Å². The van der Waals surface area contributed by atoms with Gasteiger partial charge in [-0.25, -0.2) is 9.97 Å². The van der Waals surface area contributed by atoms with Crippen LogP contribution >= 0.6 is 0 Å². The maximum atomic E-state index is 14.0. The van der Waals surface area contributed by atoms with Crippen molar-refractivity contribution >= 4 is 21.9 Å². The molecule has 1 N–H and O–H groups in total. The Bertz CT molecular complexity index is 1220. The summed E-state index contributed by atoms with van der Waals surface area (Å²) in [6.07, 6.45) is -3.12. The Labute approximate surface area is 176 Å². The average molecular weight is 429 g/mol. The molecule has 1 fully saturated rings. The lowest BCUT2D eigenvalue weighted by atomic mass is 10.1. The van der Waals surface area contributed by atoms with E-state index in [0.29, 0.717) is 46.7 Å². The van der Waals surface area contributed by atoms with Crippen molar-refractivity contribution in [2.45, 2.75) is 19.6 Å². The molecule has 6 nitrogen and oxygen atoms in total. The summed E-state index contributed by atoms with van der Waals surface area (Å²) in [5.41, 5.74) is 0.383. The average Bonchev–Trinajstić information content (AvgIpc) is 3.40. The van der Waals surface area contributed by atoms with Crippen LogP contribution in [0.4, 0.5) is 13.2 Å². The summed E-state index contributed by atoms with van der Waals surface area (Å²) in [6, 6.07) is 8.85. The smallest absolute Gasteiger partial charge is 0.435 e. The molecule has 0 aliphatic carbocycles. The van der Waals surface area contributed by atoms with Crippen LogP contribution in [0.3, 0.4) is 0 Å². The molecule has 1 aromatic carbocycles. The van der Waals surface area contributed by atoms with Crippen LogP contribution in [0.15, 0.2) is 41.0 Å². The zero-order chi connectivity index (χ0) is 21.6. The maximum Gasteiger partial charge on any atom is 0.435 e. The standard InChI is InChI=1S/C22H22F3N5O/c1-14-4-2-5-15-17(14)27-20(22(23,24)25)18-19(15)30(12-11-29-9-7-26-8-10-29)21(28-18)16-6-3-13-31-16/h2-6,13,26H,7-12H2,1H3. The highest BCUT2D eigenvalue weighted by Gasteiger charge is 2.38. The van der Waals surface area contributed by atoms with Crippen LogP contribution in [0.2, 0.25) is 0 Å². The molecule has 0 spiro atoms. The van der Waals surface area contributed by atoms with Crippen LogP contribution < -0.4 is 5.32 Å². The first-order chi connectivity index (χ1) is 14.9. The number of furan rings is 1. The lowest BCUT2D eigenvalue weighted by Crippen LogP contribution is -2.44. The van der Waals surface area contributed by atoms with Crippen molar-refractivity contribution in [1.29, 1.82) is 0 Å². The fourth-order valence-electron chi connectivity index (χ4n) is 4.24. The molecule has 0 atom stereocenters. The molecule has 9 heteroatoms. The van der Waals surface area contributed by atoms with Crippen LogP contribution in [0.25, 0.3) is 33.5 Å². The van der Waals surface area contributed by atoms with E-state index in [-0.39, 0.29) is 5.52 Å². The topological polar surface area (TPSA) is 59.1 Å². The minimum atomic E-state index is -4.62. The first-order valence-electron chi connectivity index (χ1n) is 10.3. The maximum absolute atomic E-state index is 14.0. The van der Waals surface area contributed by atoms with Crippen LogP contribution in [0, 0.1) is 6.92 Å². The van der Waals surface area contributed by atoms with Crippen LogP contribution in [0.5, 0.6) is 0 Å². The Kier molecular flexibility index (Phi) is 4.94. The number of hydrogen-bond donors (Lipinski definition) is 1. The van der Waals surface area contributed by atoms with Gasteiger partial charge in [0.2, 0.25) is 0 Å². The van der Waals surface area contributed by atoms with Gasteiger partial charge in [0.1, 0.15) is 5.52 Å². The lowest BCUT2D eigenvalue weighted by molar-refractivity contribution is -0.139. The molecule has 1 aliphatic rings. The number of aryl methyl sites for hydroxylation is 1. The summed E-state index contributed by atoms with van der Waals surface area (Å²) in [7, 11) is 0. The SMILES string of the molecule is Cc1cccc2c1nc(C(F)(F)F)c1nc(-c3ccco3)n(CCN3CCNCC3)c12. The first kappa shape index (κ1) is 20.0. The number of fused-ring (bicyclic) bond motifs is 3. The van der Waals surface area contributed by atoms with Gasteiger partial charge in [0, 0.05) is 44.7 Å². The monoisotopic (exact) mass is 429 g/mol. The summed E-state index contributed by atoms with van der Waals surface area (Å²) < 4.78 is 49.4. The second-order valence-electron chi connectivity index (χ2n) is 7.78. The molecule has 0 bridgehead atoms. The molecule has 4 aromatic rings. The first-order valence-corrected chi connectivity index (χ1v) is 10.3. The lowest BCUT2D eigenvalue weighted by Gasteiger charge is -2.27. The molecule has 0 amide bonds. The summed E-state index contributed by atoms with van der Waals surface area (Å²) >= 11 is 0. The third-order valence-corrected chi connectivity index (χ3v) is 5.77. The molecular weight excluding hydrogens is 407 g/mol. The van der Waals surface area contributed by atoms with Gasteiger partial charge in [-0.15, -0.1) is 0 Å². The van der Waals surface area contributed by atoms with Gasteiger partial charge in [0.25, 0.3) is 0 Å². The molecule has 4 heterocycles. The second-order valence-corrected chi connectivity index (χ2v) is 7.78. The molecule has 31 heavy (non-hydrogen) atoms. The normalized spacial score (nSPS) is 15.9. The van der Waals surface area contributed by atoms with E-state index in [4.69, 9.17) is 4.42 Å². The largest absolute Gasteiger partial charge is 0.461 e. The number of piperazine rings is 1. The fourth-order valence-corrected chi connectivity index (χ4v) is 4.24. The van der Waals surface area contributed by atoms with Gasteiger partial charge in [0.15, 0.2) is 17.3 Å². The van der Waals surface area contributed by atoms with Gasteiger partial charge in [-0.3, -0.25) is 4.90 Å². The van der Waals surface area contributed by atoms with Crippen molar-refractivity contribution < 1.29 is 17.6 Å². The number of benzene rings is 1. The Morgan fingerprint density at radius 1 is 1.03 bits per heavy atom. The third kappa shape index (κ3) is 3.57. The molecule has 0 saturated carbocycles. The molecule has 1 aliphatic heterocycles. The summed E-state index contributed by atoms with van der Waals surface area (Å²) in [5.74, 6) is 0.821. The van der Waals surface area contributed by atoms with Gasteiger partial charge in [0.05, 0.1) is 17.3 Å². The number of imidazole rings is 1. The van der Waals surface area contributed by atoms with Crippen molar-refractivity contribution in [2.24, 2.45) is 0 Å². The highest BCUT2D eigenvalue weighted by Crippen LogP contribution is 2.39. The molecule has 0 unspecified atom stereocenters. The number of rotatable bonds is 4. The fraction of sp³-hybridized carbons (Fsp3) is 0.364. The van der Waals surface area contributed by atoms with Crippen molar-refractivity contribution in [1.82, 2.24) is 24.8 Å². The van der Waals surface area contributed by atoms with Crippen molar-refractivity contribution in [3.8, 4) is 11.6 Å². The van der Waals surface area contributed by atoms with Gasteiger partial charge < -0.3 is 14.3 Å². The Morgan fingerprint density at radius 2 is 1.84 bits per heavy atom. The van der Waals surface area contributed by atoms with E-state index in [9.17, 15) is 13.2 Å². The number of hydrogen-bond acceptors (Lipinski definition) is 5. The van der Waals surface area contributed by atoms with E-state index in [1.54, 1.807) is 25.1 Å². The Hall–Kier alpha value is -2.91. The Morgan fingerprint density at radius 3 is 2.55 bits per heavy atom. The molecule has 3 aromatic heterocycles. The quantitative estimate of drug-likeness (QED) is 0.530. The molecular formula is C22H22F3N5O. The number of aromatic nitrogens is 3. The van der Waals surface area contributed by atoms with E-state index in [1.165, 1.54) is 6.26 Å². The van der Waals surface area contributed by atoms with E-state index >= 15 is 0 Å². The highest BCUT2D eigenvalue weighted by molar-refractivity contribution is 6.05. The molecule has 0 radical (unpaired) electrons. The number of halogens is 3. The van der Waals surface area contributed by atoms with E-state index in [1.807, 2.05) is 16.7 Å². The van der Waals surface area contributed by atoms with Gasteiger partial charge >= 0.3 is 6.18 Å². The zero-order valence-corrected chi connectivity index (χ0v) is 17.0.